The topological polar surface area (TPSA) is 41.5 Å². The molecule has 1 heterocycles. The second kappa shape index (κ2) is 6.62. The molecule has 2 aromatic rings. The summed E-state index contributed by atoms with van der Waals surface area (Å²) < 4.78 is 18.5. The van der Waals surface area contributed by atoms with Crippen molar-refractivity contribution in [2.24, 2.45) is 0 Å². The van der Waals surface area contributed by atoms with Gasteiger partial charge in [0.25, 0.3) is 0 Å². The number of ether oxygens (including phenoxy) is 1. The number of aromatic hydroxyl groups is 1. The largest absolute Gasteiger partial charge is 0.508 e. The zero-order chi connectivity index (χ0) is 15.4. The van der Waals surface area contributed by atoms with Gasteiger partial charge in [-0.15, -0.1) is 0 Å². The Kier molecular flexibility index (Phi) is 4.39. The molecule has 1 aliphatic rings. The van der Waals surface area contributed by atoms with Crippen LogP contribution < -0.4 is 10.1 Å². The first-order valence-electron chi connectivity index (χ1n) is 7.31. The molecule has 3 rings (SSSR count). The van der Waals surface area contributed by atoms with Crippen molar-refractivity contribution in [1.29, 1.82) is 0 Å². The number of rotatable bonds is 5. The first-order valence-corrected chi connectivity index (χ1v) is 7.31. The summed E-state index contributed by atoms with van der Waals surface area (Å²) in [5.41, 5.74) is 3.15. The van der Waals surface area contributed by atoms with Crippen molar-refractivity contribution >= 4 is 6.08 Å². The summed E-state index contributed by atoms with van der Waals surface area (Å²) in [6, 6.07) is 11.7. The van der Waals surface area contributed by atoms with Crippen molar-refractivity contribution in [2.75, 3.05) is 19.7 Å². The molecule has 3 nitrogen and oxygen atoms in total. The number of halogens is 1. The van der Waals surface area contributed by atoms with E-state index in [-0.39, 0.29) is 11.6 Å². The van der Waals surface area contributed by atoms with E-state index in [0.717, 1.165) is 42.0 Å². The van der Waals surface area contributed by atoms with E-state index in [0.29, 0.717) is 6.61 Å². The molecular weight excluding hydrogens is 281 g/mol. The highest BCUT2D eigenvalue weighted by Crippen LogP contribution is 2.29. The minimum atomic E-state index is -0.205. The third kappa shape index (κ3) is 3.65. The van der Waals surface area contributed by atoms with Crippen molar-refractivity contribution in [3.8, 4) is 11.5 Å². The molecule has 0 atom stereocenters. The molecule has 0 fully saturated rings. The third-order valence-electron chi connectivity index (χ3n) is 3.62. The summed E-state index contributed by atoms with van der Waals surface area (Å²) in [5, 5.41) is 12.9. The van der Waals surface area contributed by atoms with Gasteiger partial charge >= 0.3 is 0 Å². The molecule has 0 aliphatic carbocycles. The van der Waals surface area contributed by atoms with Gasteiger partial charge in [0.1, 0.15) is 23.9 Å². The minimum absolute atomic E-state index is 0.205. The van der Waals surface area contributed by atoms with Crippen molar-refractivity contribution in [2.45, 2.75) is 6.42 Å². The van der Waals surface area contributed by atoms with E-state index < -0.39 is 0 Å². The van der Waals surface area contributed by atoms with Crippen LogP contribution in [0.5, 0.6) is 11.5 Å². The molecule has 0 aromatic heterocycles. The maximum Gasteiger partial charge on any atom is 0.127 e. The number of hydrogen-bond acceptors (Lipinski definition) is 3. The number of benzene rings is 2. The van der Waals surface area contributed by atoms with Crippen LogP contribution in [0.15, 0.2) is 48.0 Å². The second-order valence-corrected chi connectivity index (χ2v) is 5.37. The zero-order valence-electron chi connectivity index (χ0n) is 12.2. The van der Waals surface area contributed by atoms with Gasteiger partial charge in [-0.05, 0) is 60.5 Å². The van der Waals surface area contributed by atoms with Gasteiger partial charge < -0.3 is 15.2 Å². The van der Waals surface area contributed by atoms with Crippen LogP contribution in [0.2, 0.25) is 0 Å². The van der Waals surface area contributed by atoms with Crippen molar-refractivity contribution < 1.29 is 14.2 Å². The quantitative estimate of drug-likeness (QED) is 0.833. The number of fused-ring (bicyclic) bond motifs is 1. The van der Waals surface area contributed by atoms with Gasteiger partial charge in [-0.1, -0.05) is 12.1 Å². The van der Waals surface area contributed by atoms with Crippen LogP contribution in [0.4, 0.5) is 4.39 Å². The van der Waals surface area contributed by atoms with E-state index in [2.05, 4.69) is 5.32 Å². The summed E-state index contributed by atoms with van der Waals surface area (Å²) >= 11 is 0. The third-order valence-corrected chi connectivity index (χ3v) is 3.62. The van der Waals surface area contributed by atoms with Crippen LogP contribution in [-0.4, -0.2) is 24.8 Å². The van der Waals surface area contributed by atoms with Crippen molar-refractivity contribution in [3.63, 3.8) is 0 Å². The maximum atomic E-state index is 12.8. The Hall–Kier alpha value is -2.33. The number of nitrogens with one attached hydrogen (secondary N) is 1. The molecule has 4 heteroatoms. The molecule has 2 aromatic carbocycles. The Balaban J connectivity index is 1.51. The molecule has 22 heavy (non-hydrogen) atoms. The van der Waals surface area contributed by atoms with E-state index in [1.54, 1.807) is 30.3 Å². The number of phenols is 1. The van der Waals surface area contributed by atoms with Crippen LogP contribution in [0.25, 0.3) is 6.08 Å². The highest BCUT2D eigenvalue weighted by molar-refractivity contribution is 5.64. The fraction of sp³-hybridized carbons (Fsp3) is 0.222. The summed E-state index contributed by atoms with van der Waals surface area (Å²) in [6.07, 6.45) is 2.90. The lowest BCUT2D eigenvalue weighted by atomic mass is 10.1. The summed E-state index contributed by atoms with van der Waals surface area (Å²) in [7, 11) is 0. The Labute approximate surface area is 129 Å². The normalized spacial score (nSPS) is 13.2. The first kappa shape index (κ1) is 14.6. The number of phenolic OH excluding ortho intramolecular Hbond substituents is 1. The van der Waals surface area contributed by atoms with Crippen LogP contribution in [0.3, 0.4) is 0 Å². The van der Waals surface area contributed by atoms with Gasteiger partial charge in [-0.25, -0.2) is 4.39 Å². The van der Waals surface area contributed by atoms with Crippen LogP contribution in [0, 0.1) is 5.82 Å². The Morgan fingerprint density at radius 1 is 1.14 bits per heavy atom. The molecule has 0 amide bonds. The maximum absolute atomic E-state index is 12.8. The minimum Gasteiger partial charge on any atom is -0.508 e. The van der Waals surface area contributed by atoms with Gasteiger partial charge in [-0.3, -0.25) is 0 Å². The SMILES string of the molecule is Oc1ccc2c(c1)C=C(CNCCc1ccc(F)cc1)CO2. The average Bonchev–Trinajstić information content (AvgIpc) is 2.53. The lowest BCUT2D eigenvalue weighted by Gasteiger charge is -2.18. The first-order chi connectivity index (χ1) is 10.7. The smallest absolute Gasteiger partial charge is 0.127 e. The highest BCUT2D eigenvalue weighted by atomic mass is 19.1. The molecular formula is C18H18FNO2. The molecule has 0 spiro atoms. The van der Waals surface area contributed by atoms with Gasteiger partial charge in [-0.2, -0.15) is 0 Å². The molecule has 0 radical (unpaired) electrons. The summed E-state index contributed by atoms with van der Waals surface area (Å²) in [5.74, 6) is 0.833. The fourth-order valence-electron chi connectivity index (χ4n) is 2.45. The molecule has 0 saturated heterocycles. The molecule has 0 unspecified atom stereocenters. The molecule has 2 N–H and O–H groups in total. The van der Waals surface area contributed by atoms with E-state index in [1.807, 2.05) is 6.08 Å². The van der Waals surface area contributed by atoms with Gasteiger partial charge in [0, 0.05) is 12.1 Å². The van der Waals surface area contributed by atoms with Gasteiger partial charge in [0.2, 0.25) is 0 Å². The lowest BCUT2D eigenvalue weighted by Crippen LogP contribution is -2.23. The predicted octanol–water partition coefficient (Wildman–Crippen LogP) is 3.14. The van der Waals surface area contributed by atoms with Crippen LogP contribution >= 0.6 is 0 Å². The van der Waals surface area contributed by atoms with E-state index in [4.69, 9.17) is 4.74 Å². The van der Waals surface area contributed by atoms with Gasteiger partial charge in [0.15, 0.2) is 0 Å². The van der Waals surface area contributed by atoms with E-state index >= 15 is 0 Å². The molecule has 0 bridgehead atoms. The molecule has 1 aliphatic heterocycles. The average molecular weight is 299 g/mol. The monoisotopic (exact) mass is 299 g/mol. The Morgan fingerprint density at radius 3 is 2.77 bits per heavy atom. The van der Waals surface area contributed by atoms with Crippen molar-refractivity contribution in [1.82, 2.24) is 5.32 Å². The van der Waals surface area contributed by atoms with Crippen molar-refractivity contribution in [3.05, 3.63) is 65.0 Å². The Morgan fingerprint density at radius 2 is 1.95 bits per heavy atom. The Bertz CT molecular complexity index is 680. The highest BCUT2D eigenvalue weighted by Gasteiger charge is 2.11. The fourth-order valence-corrected chi connectivity index (χ4v) is 2.45. The summed E-state index contributed by atoms with van der Waals surface area (Å²) in [4.78, 5) is 0. The molecule has 114 valence electrons. The standard InChI is InChI=1S/C18H18FNO2/c19-16-3-1-13(2-4-16)7-8-20-11-14-9-15-10-17(21)5-6-18(15)22-12-14/h1-6,9-10,20-21H,7-8,11-12H2. The zero-order valence-corrected chi connectivity index (χ0v) is 12.2. The van der Waals surface area contributed by atoms with Crippen LogP contribution in [-0.2, 0) is 6.42 Å². The second-order valence-electron chi connectivity index (χ2n) is 5.37. The lowest BCUT2D eigenvalue weighted by molar-refractivity contribution is 0.342. The van der Waals surface area contributed by atoms with Gasteiger partial charge in [0.05, 0.1) is 0 Å². The molecule has 0 saturated carbocycles. The van der Waals surface area contributed by atoms with Crippen LogP contribution in [0.1, 0.15) is 11.1 Å². The summed E-state index contributed by atoms with van der Waals surface area (Å²) in [6.45, 7) is 2.10. The van der Waals surface area contributed by atoms with E-state index in [9.17, 15) is 9.50 Å². The predicted molar refractivity (Wildman–Crippen MR) is 84.6 cm³/mol. The van der Waals surface area contributed by atoms with E-state index in [1.165, 1.54) is 12.1 Å². The number of hydrogen-bond donors (Lipinski definition) is 2.